The molecule has 1 aliphatic rings. The van der Waals surface area contributed by atoms with E-state index < -0.39 is 5.97 Å². The van der Waals surface area contributed by atoms with Gasteiger partial charge in [0, 0.05) is 24.2 Å². The minimum absolute atomic E-state index is 0.130. The lowest BCUT2D eigenvalue weighted by molar-refractivity contribution is -0.117. The van der Waals surface area contributed by atoms with Crippen molar-refractivity contribution in [3.8, 4) is 17.0 Å². The fraction of sp³-hybridized carbons (Fsp3) is 0.174. The van der Waals surface area contributed by atoms with Crippen LogP contribution in [-0.4, -0.2) is 23.4 Å². The van der Waals surface area contributed by atoms with Gasteiger partial charge in [0.15, 0.2) is 0 Å². The molecule has 5 nitrogen and oxygen atoms in total. The van der Waals surface area contributed by atoms with Gasteiger partial charge >= 0.3 is 5.97 Å². The number of esters is 1. The maximum absolute atomic E-state index is 12.5. The zero-order valence-electron chi connectivity index (χ0n) is 15.6. The standard InChI is InChI=1S/C23H20N2O3/c1-16-20(13-14-21(24-16)17-6-3-2-4-7-17)23(27)28-19-11-9-18(10-12-19)25-15-5-8-22(25)26/h2-4,6-7,9-14H,5,8,15H2,1H3. The van der Waals surface area contributed by atoms with Crippen LogP contribution in [0.2, 0.25) is 0 Å². The number of carbonyl (C=O) groups excluding carboxylic acids is 2. The van der Waals surface area contributed by atoms with E-state index in [0.717, 1.165) is 29.9 Å². The van der Waals surface area contributed by atoms with E-state index >= 15 is 0 Å². The molecular formula is C23H20N2O3. The Balaban J connectivity index is 1.48. The van der Waals surface area contributed by atoms with Gasteiger partial charge in [-0.3, -0.25) is 9.78 Å². The van der Waals surface area contributed by atoms with Crippen molar-refractivity contribution in [2.45, 2.75) is 19.8 Å². The maximum atomic E-state index is 12.5. The van der Waals surface area contributed by atoms with Crippen LogP contribution in [0.3, 0.4) is 0 Å². The van der Waals surface area contributed by atoms with Crippen LogP contribution in [0, 0.1) is 6.92 Å². The molecule has 140 valence electrons. The summed E-state index contributed by atoms with van der Waals surface area (Å²) in [4.78, 5) is 30.7. The van der Waals surface area contributed by atoms with Gasteiger partial charge in [0.1, 0.15) is 5.75 Å². The van der Waals surface area contributed by atoms with Gasteiger partial charge in [0.05, 0.1) is 17.0 Å². The maximum Gasteiger partial charge on any atom is 0.345 e. The van der Waals surface area contributed by atoms with Crippen LogP contribution in [-0.2, 0) is 4.79 Å². The van der Waals surface area contributed by atoms with Gasteiger partial charge in [-0.25, -0.2) is 4.79 Å². The number of aryl methyl sites for hydroxylation is 1. The number of aromatic nitrogens is 1. The van der Waals surface area contributed by atoms with Crippen LogP contribution in [0.25, 0.3) is 11.3 Å². The molecule has 1 aliphatic heterocycles. The predicted molar refractivity (Wildman–Crippen MR) is 107 cm³/mol. The number of pyridine rings is 1. The molecule has 1 fully saturated rings. The molecule has 0 radical (unpaired) electrons. The van der Waals surface area contributed by atoms with Crippen LogP contribution in [0.15, 0.2) is 66.7 Å². The highest BCUT2D eigenvalue weighted by Crippen LogP contribution is 2.25. The van der Waals surface area contributed by atoms with E-state index in [1.165, 1.54) is 0 Å². The first-order valence-corrected chi connectivity index (χ1v) is 9.27. The number of amides is 1. The second kappa shape index (κ2) is 7.64. The third-order valence-electron chi connectivity index (χ3n) is 4.81. The van der Waals surface area contributed by atoms with Gasteiger partial charge in [-0.2, -0.15) is 0 Å². The summed E-state index contributed by atoms with van der Waals surface area (Å²) in [7, 11) is 0. The molecule has 28 heavy (non-hydrogen) atoms. The first-order valence-electron chi connectivity index (χ1n) is 9.27. The molecular weight excluding hydrogens is 352 g/mol. The van der Waals surface area contributed by atoms with E-state index in [1.54, 1.807) is 42.2 Å². The summed E-state index contributed by atoms with van der Waals surface area (Å²) >= 11 is 0. The third-order valence-corrected chi connectivity index (χ3v) is 4.81. The average Bonchev–Trinajstić information content (AvgIpc) is 3.15. The molecule has 2 aromatic carbocycles. The number of hydrogen-bond donors (Lipinski definition) is 0. The summed E-state index contributed by atoms with van der Waals surface area (Å²) in [5, 5.41) is 0. The van der Waals surface area contributed by atoms with Crippen molar-refractivity contribution < 1.29 is 14.3 Å². The number of ether oxygens (including phenoxy) is 1. The smallest absolute Gasteiger partial charge is 0.345 e. The van der Waals surface area contributed by atoms with E-state index in [1.807, 2.05) is 36.4 Å². The van der Waals surface area contributed by atoms with E-state index in [0.29, 0.717) is 23.4 Å². The van der Waals surface area contributed by atoms with Crippen molar-refractivity contribution in [1.82, 2.24) is 4.98 Å². The average molecular weight is 372 g/mol. The molecule has 3 aromatic rings. The van der Waals surface area contributed by atoms with Crippen molar-refractivity contribution >= 4 is 17.6 Å². The molecule has 1 amide bonds. The number of nitrogens with zero attached hydrogens (tertiary/aromatic N) is 2. The first kappa shape index (κ1) is 17.9. The Labute approximate surface area is 163 Å². The second-order valence-electron chi connectivity index (χ2n) is 6.73. The molecule has 5 heteroatoms. The highest BCUT2D eigenvalue weighted by Gasteiger charge is 2.21. The van der Waals surface area contributed by atoms with Gasteiger partial charge in [0.25, 0.3) is 0 Å². The molecule has 1 aromatic heterocycles. The SMILES string of the molecule is Cc1nc(-c2ccccc2)ccc1C(=O)Oc1ccc(N2CCCC2=O)cc1. The molecule has 1 saturated heterocycles. The Kier molecular flexibility index (Phi) is 4.89. The molecule has 0 atom stereocenters. The Hall–Kier alpha value is -3.47. The Morgan fingerprint density at radius 2 is 1.75 bits per heavy atom. The number of anilines is 1. The molecule has 0 spiro atoms. The quantitative estimate of drug-likeness (QED) is 0.503. The molecule has 0 saturated carbocycles. The van der Waals surface area contributed by atoms with E-state index in [2.05, 4.69) is 4.98 Å². The summed E-state index contributed by atoms with van der Waals surface area (Å²) in [5.41, 5.74) is 3.68. The van der Waals surface area contributed by atoms with E-state index in [9.17, 15) is 9.59 Å². The lowest BCUT2D eigenvalue weighted by atomic mass is 10.1. The lowest BCUT2D eigenvalue weighted by Gasteiger charge is -2.16. The van der Waals surface area contributed by atoms with Gasteiger partial charge < -0.3 is 9.64 Å². The monoisotopic (exact) mass is 372 g/mol. The van der Waals surface area contributed by atoms with Crippen LogP contribution < -0.4 is 9.64 Å². The number of carbonyl (C=O) groups is 2. The molecule has 0 aliphatic carbocycles. The lowest BCUT2D eigenvalue weighted by Crippen LogP contribution is -2.23. The number of rotatable bonds is 4. The minimum Gasteiger partial charge on any atom is -0.423 e. The Morgan fingerprint density at radius 3 is 2.39 bits per heavy atom. The number of benzene rings is 2. The molecule has 0 N–H and O–H groups in total. The van der Waals surface area contributed by atoms with Crippen LogP contribution in [0.1, 0.15) is 28.9 Å². The van der Waals surface area contributed by atoms with Gasteiger partial charge in [-0.05, 0) is 49.7 Å². The Morgan fingerprint density at radius 1 is 1.00 bits per heavy atom. The fourth-order valence-corrected chi connectivity index (χ4v) is 3.32. The first-order chi connectivity index (χ1) is 13.6. The zero-order valence-corrected chi connectivity index (χ0v) is 15.6. The highest BCUT2D eigenvalue weighted by atomic mass is 16.5. The van der Waals surface area contributed by atoms with E-state index in [4.69, 9.17) is 4.74 Å². The van der Waals surface area contributed by atoms with E-state index in [-0.39, 0.29) is 5.91 Å². The summed E-state index contributed by atoms with van der Waals surface area (Å²) in [6, 6.07) is 20.4. The summed E-state index contributed by atoms with van der Waals surface area (Å²) < 4.78 is 5.49. The Bertz CT molecular complexity index is 1010. The van der Waals surface area contributed by atoms with Gasteiger partial charge in [0.2, 0.25) is 5.91 Å². The van der Waals surface area contributed by atoms with Crippen molar-refractivity contribution in [2.24, 2.45) is 0 Å². The minimum atomic E-state index is -0.449. The third kappa shape index (κ3) is 3.64. The number of hydrogen-bond acceptors (Lipinski definition) is 4. The van der Waals surface area contributed by atoms with Crippen LogP contribution in [0.4, 0.5) is 5.69 Å². The topological polar surface area (TPSA) is 59.5 Å². The van der Waals surface area contributed by atoms with Crippen LogP contribution >= 0.6 is 0 Å². The normalized spacial score (nSPS) is 13.6. The largest absolute Gasteiger partial charge is 0.423 e. The van der Waals surface area contributed by atoms with Gasteiger partial charge in [-0.1, -0.05) is 30.3 Å². The summed E-state index contributed by atoms with van der Waals surface area (Å²) in [6.45, 7) is 2.53. The van der Waals surface area contributed by atoms with Crippen molar-refractivity contribution in [1.29, 1.82) is 0 Å². The molecule has 4 rings (SSSR count). The predicted octanol–water partition coefficient (Wildman–Crippen LogP) is 4.40. The summed E-state index contributed by atoms with van der Waals surface area (Å²) in [5.74, 6) is 0.117. The molecule has 2 heterocycles. The van der Waals surface area contributed by atoms with Crippen molar-refractivity contribution in [3.63, 3.8) is 0 Å². The van der Waals surface area contributed by atoms with Crippen molar-refractivity contribution in [2.75, 3.05) is 11.4 Å². The van der Waals surface area contributed by atoms with Gasteiger partial charge in [-0.15, -0.1) is 0 Å². The molecule has 0 bridgehead atoms. The highest BCUT2D eigenvalue weighted by molar-refractivity contribution is 5.95. The zero-order chi connectivity index (χ0) is 19.5. The fourth-order valence-electron chi connectivity index (χ4n) is 3.32. The summed E-state index contributed by atoms with van der Waals surface area (Å²) in [6.07, 6.45) is 1.46. The molecule has 0 unspecified atom stereocenters. The van der Waals surface area contributed by atoms with Crippen LogP contribution in [0.5, 0.6) is 5.75 Å². The second-order valence-corrected chi connectivity index (χ2v) is 6.73. The van der Waals surface area contributed by atoms with Crippen molar-refractivity contribution in [3.05, 3.63) is 78.0 Å².